The number of fused-ring (bicyclic) bond motifs is 1. The molecule has 2 amide bonds. The zero-order valence-corrected chi connectivity index (χ0v) is 16.5. The second kappa shape index (κ2) is 6.81. The SMILES string of the molecule is C=Cc1ccc(C(=O)N2CC[C@H]3CN(C(=O)C(C)(C)C4CC4)C[C@H]3C2)cc1. The van der Waals surface area contributed by atoms with Crippen molar-refractivity contribution in [1.29, 1.82) is 0 Å². The molecule has 2 saturated heterocycles. The van der Waals surface area contributed by atoms with Gasteiger partial charge in [0.1, 0.15) is 0 Å². The quantitative estimate of drug-likeness (QED) is 0.815. The second-order valence-electron chi connectivity index (χ2n) is 9.09. The van der Waals surface area contributed by atoms with Crippen LogP contribution >= 0.6 is 0 Å². The van der Waals surface area contributed by atoms with Crippen LogP contribution in [-0.4, -0.2) is 47.8 Å². The molecular formula is C23H30N2O2. The van der Waals surface area contributed by atoms with Gasteiger partial charge in [0.05, 0.1) is 0 Å². The van der Waals surface area contributed by atoms with Gasteiger partial charge in [-0.25, -0.2) is 0 Å². The number of rotatable bonds is 4. The lowest BCUT2D eigenvalue weighted by Crippen LogP contribution is -2.43. The predicted octanol–water partition coefficient (Wildman–Crippen LogP) is 3.69. The summed E-state index contributed by atoms with van der Waals surface area (Å²) in [6.45, 7) is 11.2. The molecule has 4 heteroatoms. The highest BCUT2D eigenvalue weighted by atomic mass is 16.2. The maximum absolute atomic E-state index is 13.0. The minimum atomic E-state index is -0.226. The lowest BCUT2D eigenvalue weighted by Gasteiger charge is -2.34. The molecule has 1 aliphatic carbocycles. The molecule has 1 aromatic rings. The highest BCUT2D eigenvalue weighted by Gasteiger charge is 2.48. The Balaban J connectivity index is 1.40. The Morgan fingerprint density at radius 3 is 2.26 bits per heavy atom. The molecule has 0 aromatic heterocycles. The summed E-state index contributed by atoms with van der Waals surface area (Å²) in [5, 5.41) is 0. The summed E-state index contributed by atoms with van der Waals surface area (Å²) >= 11 is 0. The molecule has 2 atom stereocenters. The Hall–Kier alpha value is -2.10. The summed E-state index contributed by atoms with van der Waals surface area (Å²) < 4.78 is 0. The average molecular weight is 367 g/mol. The van der Waals surface area contributed by atoms with Crippen molar-refractivity contribution in [3.8, 4) is 0 Å². The highest BCUT2D eigenvalue weighted by Crippen LogP contribution is 2.47. The number of hydrogen-bond acceptors (Lipinski definition) is 2. The van der Waals surface area contributed by atoms with Gasteiger partial charge in [-0.15, -0.1) is 0 Å². The van der Waals surface area contributed by atoms with Crippen LogP contribution in [0, 0.1) is 23.2 Å². The third-order valence-electron chi connectivity index (χ3n) is 6.92. The van der Waals surface area contributed by atoms with Crippen molar-refractivity contribution < 1.29 is 9.59 Å². The molecule has 0 spiro atoms. The first kappa shape index (κ1) is 18.3. The van der Waals surface area contributed by atoms with Gasteiger partial charge in [-0.2, -0.15) is 0 Å². The van der Waals surface area contributed by atoms with Crippen molar-refractivity contribution in [3.63, 3.8) is 0 Å². The van der Waals surface area contributed by atoms with Gasteiger partial charge in [0, 0.05) is 37.2 Å². The molecular weight excluding hydrogens is 336 g/mol. The van der Waals surface area contributed by atoms with Gasteiger partial charge < -0.3 is 9.80 Å². The molecule has 1 saturated carbocycles. The van der Waals surface area contributed by atoms with Gasteiger partial charge in [0.25, 0.3) is 5.91 Å². The molecule has 0 bridgehead atoms. The number of hydrogen-bond donors (Lipinski definition) is 0. The van der Waals surface area contributed by atoms with Gasteiger partial charge in [-0.3, -0.25) is 9.59 Å². The Bertz CT molecular complexity index is 748. The lowest BCUT2D eigenvalue weighted by molar-refractivity contribution is -0.140. The molecule has 0 N–H and O–H groups in total. The molecule has 0 radical (unpaired) electrons. The normalized spacial score (nSPS) is 25.3. The molecule has 4 nitrogen and oxygen atoms in total. The molecule has 3 fully saturated rings. The first-order chi connectivity index (χ1) is 12.9. The number of piperidine rings is 1. The van der Waals surface area contributed by atoms with E-state index >= 15 is 0 Å². The van der Waals surface area contributed by atoms with E-state index in [0.717, 1.165) is 43.7 Å². The van der Waals surface area contributed by atoms with E-state index in [2.05, 4.69) is 25.3 Å². The maximum atomic E-state index is 13.0. The van der Waals surface area contributed by atoms with Crippen LogP contribution < -0.4 is 0 Å². The van der Waals surface area contributed by atoms with Gasteiger partial charge >= 0.3 is 0 Å². The largest absolute Gasteiger partial charge is 0.342 e. The van der Waals surface area contributed by atoms with E-state index in [0.29, 0.717) is 23.7 Å². The highest BCUT2D eigenvalue weighted by molar-refractivity contribution is 5.94. The van der Waals surface area contributed by atoms with Crippen molar-refractivity contribution in [2.75, 3.05) is 26.2 Å². The van der Waals surface area contributed by atoms with E-state index in [9.17, 15) is 9.59 Å². The fourth-order valence-corrected chi connectivity index (χ4v) is 4.85. The van der Waals surface area contributed by atoms with Crippen LogP contribution in [0.2, 0.25) is 0 Å². The fraction of sp³-hybridized carbons (Fsp3) is 0.565. The van der Waals surface area contributed by atoms with Crippen LogP contribution in [0.3, 0.4) is 0 Å². The lowest BCUT2D eigenvalue weighted by atomic mass is 9.86. The molecule has 144 valence electrons. The molecule has 3 aliphatic rings. The molecule has 1 aromatic carbocycles. The summed E-state index contributed by atoms with van der Waals surface area (Å²) in [6.07, 6.45) is 5.15. The zero-order valence-electron chi connectivity index (χ0n) is 16.5. The summed E-state index contributed by atoms with van der Waals surface area (Å²) in [6, 6.07) is 7.63. The van der Waals surface area contributed by atoms with Gasteiger partial charge in [-0.1, -0.05) is 38.6 Å². The van der Waals surface area contributed by atoms with Crippen molar-refractivity contribution in [1.82, 2.24) is 9.80 Å². The van der Waals surface area contributed by atoms with E-state index in [1.165, 1.54) is 12.8 Å². The van der Waals surface area contributed by atoms with E-state index in [1.54, 1.807) is 6.08 Å². The average Bonchev–Trinajstić information content (AvgIpc) is 3.46. The monoisotopic (exact) mass is 366 g/mol. The fourth-order valence-electron chi connectivity index (χ4n) is 4.85. The van der Waals surface area contributed by atoms with Gasteiger partial charge in [0.2, 0.25) is 5.91 Å². The number of amides is 2. The number of carbonyl (C=O) groups is 2. The van der Waals surface area contributed by atoms with Crippen molar-refractivity contribution in [2.24, 2.45) is 23.2 Å². The second-order valence-corrected chi connectivity index (χ2v) is 9.09. The van der Waals surface area contributed by atoms with E-state index in [-0.39, 0.29) is 11.3 Å². The molecule has 2 aliphatic heterocycles. The number of likely N-dealkylation sites (tertiary alicyclic amines) is 2. The Morgan fingerprint density at radius 1 is 1.00 bits per heavy atom. The Labute approximate surface area is 162 Å². The van der Waals surface area contributed by atoms with E-state index < -0.39 is 0 Å². The molecule has 2 heterocycles. The van der Waals surface area contributed by atoms with Crippen LogP contribution in [0.25, 0.3) is 6.08 Å². The maximum Gasteiger partial charge on any atom is 0.253 e. The summed E-state index contributed by atoms with van der Waals surface area (Å²) in [5.74, 6) is 1.93. The van der Waals surface area contributed by atoms with Crippen LogP contribution in [0.1, 0.15) is 49.0 Å². The third kappa shape index (κ3) is 3.42. The van der Waals surface area contributed by atoms with Crippen molar-refractivity contribution >= 4 is 17.9 Å². The van der Waals surface area contributed by atoms with E-state index in [1.807, 2.05) is 29.2 Å². The standard InChI is InChI=1S/C23H30N2O2/c1-4-16-5-7-17(8-6-16)21(26)24-12-11-18-13-25(15-19(18)14-24)22(27)23(2,3)20-9-10-20/h4-8,18-20H,1,9-15H2,2-3H3/t18-,19+/m0/s1. The van der Waals surface area contributed by atoms with Crippen LogP contribution in [0.5, 0.6) is 0 Å². The van der Waals surface area contributed by atoms with E-state index in [4.69, 9.17) is 0 Å². The molecule has 4 rings (SSSR count). The molecule has 0 unspecified atom stereocenters. The topological polar surface area (TPSA) is 40.6 Å². The first-order valence-corrected chi connectivity index (χ1v) is 10.2. The number of nitrogens with zero attached hydrogens (tertiary/aromatic N) is 2. The number of carbonyl (C=O) groups excluding carboxylic acids is 2. The number of benzene rings is 1. The van der Waals surface area contributed by atoms with Crippen LogP contribution in [-0.2, 0) is 4.79 Å². The van der Waals surface area contributed by atoms with Gasteiger partial charge in [-0.05, 0) is 54.7 Å². The smallest absolute Gasteiger partial charge is 0.253 e. The predicted molar refractivity (Wildman–Crippen MR) is 107 cm³/mol. The summed E-state index contributed by atoms with van der Waals surface area (Å²) in [7, 11) is 0. The van der Waals surface area contributed by atoms with Crippen LogP contribution in [0.15, 0.2) is 30.8 Å². The first-order valence-electron chi connectivity index (χ1n) is 10.2. The summed E-state index contributed by atoms with van der Waals surface area (Å²) in [5.41, 5.74) is 1.53. The third-order valence-corrected chi connectivity index (χ3v) is 6.92. The van der Waals surface area contributed by atoms with Crippen molar-refractivity contribution in [2.45, 2.75) is 33.1 Å². The van der Waals surface area contributed by atoms with Crippen LogP contribution in [0.4, 0.5) is 0 Å². The van der Waals surface area contributed by atoms with Crippen molar-refractivity contribution in [3.05, 3.63) is 42.0 Å². The minimum absolute atomic E-state index is 0.104. The zero-order chi connectivity index (χ0) is 19.2. The molecule has 27 heavy (non-hydrogen) atoms. The Morgan fingerprint density at radius 2 is 1.63 bits per heavy atom. The van der Waals surface area contributed by atoms with Gasteiger partial charge in [0.15, 0.2) is 0 Å². The summed E-state index contributed by atoms with van der Waals surface area (Å²) in [4.78, 5) is 30.0. The Kier molecular flexibility index (Phi) is 4.61. The minimum Gasteiger partial charge on any atom is -0.342 e.